The quantitative estimate of drug-likeness (QED) is 0.580. The molecule has 0 saturated heterocycles. The molecule has 1 amide bonds. The van der Waals surface area contributed by atoms with Crippen molar-refractivity contribution in [1.82, 2.24) is 5.32 Å². The van der Waals surface area contributed by atoms with Gasteiger partial charge in [0.25, 0.3) is 5.91 Å². The van der Waals surface area contributed by atoms with Gasteiger partial charge in [0.2, 0.25) is 0 Å². The van der Waals surface area contributed by atoms with Gasteiger partial charge in [0.05, 0.1) is 7.11 Å². The summed E-state index contributed by atoms with van der Waals surface area (Å²) in [6.07, 6.45) is 0. The number of hydrogen-bond donors (Lipinski definition) is 2. The van der Waals surface area contributed by atoms with Crippen LogP contribution >= 0.6 is 34.8 Å². The maximum atomic E-state index is 12.2. The highest BCUT2D eigenvalue weighted by Crippen LogP contribution is 2.17. The zero-order chi connectivity index (χ0) is 16.1. The van der Waals surface area contributed by atoms with Gasteiger partial charge >= 0.3 is 0 Å². The highest BCUT2D eigenvalue weighted by atomic mass is 127. The molecule has 0 atom stereocenters. The Hall–Kier alpha value is -1.67. The van der Waals surface area contributed by atoms with Crippen molar-refractivity contribution >= 4 is 51.5 Å². The number of rotatable bonds is 3. The van der Waals surface area contributed by atoms with Crippen LogP contribution in [0.5, 0.6) is 5.75 Å². The molecule has 0 unspecified atom stereocenters. The smallest absolute Gasteiger partial charge is 0.257 e. The maximum Gasteiger partial charge on any atom is 0.257 e. The normalized spacial score (nSPS) is 9.95. The number of methoxy groups -OCH3 is 1. The van der Waals surface area contributed by atoms with E-state index in [1.165, 1.54) is 0 Å². The number of nitrogens with one attached hydrogen (secondary N) is 2. The lowest BCUT2D eigenvalue weighted by molar-refractivity contribution is 0.0977. The van der Waals surface area contributed by atoms with Crippen LogP contribution in [-0.4, -0.2) is 18.1 Å². The molecule has 2 N–H and O–H groups in total. The molecular weight excluding hydrogens is 411 g/mol. The summed E-state index contributed by atoms with van der Waals surface area (Å²) in [5.41, 5.74) is 2.46. The van der Waals surface area contributed by atoms with Gasteiger partial charge in [-0.15, -0.1) is 0 Å². The van der Waals surface area contributed by atoms with Crippen LogP contribution in [0.25, 0.3) is 0 Å². The highest BCUT2D eigenvalue weighted by Gasteiger charge is 2.09. The molecule has 114 valence electrons. The van der Waals surface area contributed by atoms with Crippen LogP contribution in [0, 0.1) is 10.5 Å². The Morgan fingerprint density at radius 3 is 2.68 bits per heavy atom. The first-order valence-corrected chi connectivity index (χ1v) is 8.01. The summed E-state index contributed by atoms with van der Waals surface area (Å²) in [6, 6.07) is 12.8. The molecule has 0 saturated carbocycles. The number of halogens is 1. The fraction of sp³-hybridized carbons (Fsp3) is 0.125. The molecule has 0 bridgehead atoms. The van der Waals surface area contributed by atoms with Gasteiger partial charge in [-0.05, 0) is 71.6 Å². The number of carbonyl (C=O) groups excluding carboxylic acids is 1. The second kappa shape index (κ2) is 7.55. The van der Waals surface area contributed by atoms with Crippen LogP contribution in [0.4, 0.5) is 5.69 Å². The first kappa shape index (κ1) is 16.7. The summed E-state index contributed by atoms with van der Waals surface area (Å²) in [5, 5.41) is 5.87. The first-order chi connectivity index (χ1) is 10.5. The average Bonchev–Trinajstić information content (AvgIpc) is 2.50. The number of carbonyl (C=O) groups is 1. The monoisotopic (exact) mass is 426 g/mol. The summed E-state index contributed by atoms with van der Waals surface area (Å²) in [6.45, 7) is 2.00. The zero-order valence-corrected chi connectivity index (χ0v) is 15.1. The van der Waals surface area contributed by atoms with Crippen LogP contribution < -0.4 is 15.4 Å². The minimum absolute atomic E-state index is 0.238. The molecule has 0 radical (unpaired) electrons. The molecule has 0 aliphatic rings. The van der Waals surface area contributed by atoms with E-state index in [-0.39, 0.29) is 11.0 Å². The highest BCUT2D eigenvalue weighted by molar-refractivity contribution is 14.1. The van der Waals surface area contributed by atoms with Crippen molar-refractivity contribution in [1.29, 1.82) is 0 Å². The number of ether oxygens (including phenoxy) is 1. The molecule has 2 aromatic carbocycles. The Balaban J connectivity index is 2.01. The zero-order valence-electron chi connectivity index (χ0n) is 12.1. The Bertz CT molecular complexity index is 719. The molecule has 0 aliphatic heterocycles. The van der Waals surface area contributed by atoms with E-state index in [0.717, 1.165) is 14.8 Å². The third kappa shape index (κ3) is 4.41. The SMILES string of the molecule is COc1cccc(NC(=S)NC(=O)c2ccc(C)c(I)c2)c1. The summed E-state index contributed by atoms with van der Waals surface area (Å²) < 4.78 is 6.18. The predicted molar refractivity (Wildman–Crippen MR) is 101 cm³/mol. The number of anilines is 1. The van der Waals surface area contributed by atoms with Crippen molar-refractivity contribution < 1.29 is 9.53 Å². The number of amides is 1. The van der Waals surface area contributed by atoms with Crippen molar-refractivity contribution in [3.8, 4) is 5.75 Å². The van der Waals surface area contributed by atoms with Gasteiger partial charge in [0, 0.05) is 20.9 Å². The number of benzene rings is 2. The lowest BCUT2D eigenvalue weighted by atomic mass is 10.1. The van der Waals surface area contributed by atoms with E-state index in [1.807, 2.05) is 37.3 Å². The fourth-order valence-corrected chi connectivity index (χ4v) is 2.50. The van der Waals surface area contributed by atoms with Crippen LogP contribution in [0.15, 0.2) is 42.5 Å². The van der Waals surface area contributed by atoms with Gasteiger partial charge in [-0.1, -0.05) is 12.1 Å². The molecule has 0 fully saturated rings. The second-order valence-electron chi connectivity index (χ2n) is 4.60. The Labute approximate surface area is 148 Å². The Morgan fingerprint density at radius 1 is 1.23 bits per heavy atom. The van der Waals surface area contributed by atoms with Crippen molar-refractivity contribution in [2.45, 2.75) is 6.92 Å². The van der Waals surface area contributed by atoms with Crippen molar-refractivity contribution in [3.05, 3.63) is 57.2 Å². The molecule has 4 nitrogen and oxygen atoms in total. The largest absolute Gasteiger partial charge is 0.497 e. The average molecular weight is 426 g/mol. The minimum atomic E-state index is -0.238. The van der Waals surface area contributed by atoms with Crippen LogP contribution in [-0.2, 0) is 0 Å². The van der Waals surface area contributed by atoms with E-state index in [9.17, 15) is 4.79 Å². The van der Waals surface area contributed by atoms with E-state index >= 15 is 0 Å². The Morgan fingerprint density at radius 2 is 2.00 bits per heavy atom. The summed E-state index contributed by atoms with van der Waals surface area (Å²) >= 11 is 7.37. The third-order valence-electron chi connectivity index (χ3n) is 2.99. The minimum Gasteiger partial charge on any atom is -0.497 e. The Kier molecular flexibility index (Phi) is 5.73. The van der Waals surface area contributed by atoms with Crippen molar-refractivity contribution in [2.75, 3.05) is 12.4 Å². The molecule has 0 aromatic heterocycles. The number of aryl methyl sites for hydroxylation is 1. The van der Waals surface area contributed by atoms with E-state index < -0.39 is 0 Å². The molecule has 6 heteroatoms. The van der Waals surface area contributed by atoms with E-state index in [2.05, 4.69) is 33.2 Å². The van der Waals surface area contributed by atoms with E-state index in [4.69, 9.17) is 17.0 Å². The first-order valence-electron chi connectivity index (χ1n) is 6.52. The second-order valence-corrected chi connectivity index (χ2v) is 6.17. The van der Waals surface area contributed by atoms with Crippen LogP contribution in [0.2, 0.25) is 0 Å². The van der Waals surface area contributed by atoms with Crippen molar-refractivity contribution in [3.63, 3.8) is 0 Å². The third-order valence-corrected chi connectivity index (χ3v) is 4.36. The molecule has 2 rings (SSSR count). The molecule has 2 aromatic rings. The van der Waals surface area contributed by atoms with Crippen LogP contribution in [0.1, 0.15) is 15.9 Å². The maximum absolute atomic E-state index is 12.2. The van der Waals surface area contributed by atoms with E-state index in [0.29, 0.717) is 11.3 Å². The molecule has 0 spiro atoms. The van der Waals surface area contributed by atoms with Gasteiger partial charge in [-0.2, -0.15) is 0 Å². The van der Waals surface area contributed by atoms with Gasteiger partial charge in [0.15, 0.2) is 5.11 Å². The summed E-state index contributed by atoms with van der Waals surface area (Å²) in [5.74, 6) is 0.477. The van der Waals surface area contributed by atoms with Gasteiger partial charge in [0.1, 0.15) is 5.75 Å². The molecular formula is C16H15IN2O2S. The standard InChI is InChI=1S/C16H15IN2O2S/c1-10-6-7-11(8-14(10)17)15(20)19-16(22)18-12-4-3-5-13(9-12)21-2/h3-9H,1-2H3,(H2,18,19,20,22). The fourth-order valence-electron chi connectivity index (χ4n) is 1.77. The topological polar surface area (TPSA) is 50.4 Å². The number of hydrogen-bond acceptors (Lipinski definition) is 3. The lowest BCUT2D eigenvalue weighted by Crippen LogP contribution is -2.34. The van der Waals surface area contributed by atoms with Gasteiger partial charge in [-0.25, -0.2) is 0 Å². The predicted octanol–water partition coefficient (Wildman–Crippen LogP) is 3.74. The summed E-state index contributed by atoms with van der Waals surface area (Å²) in [4.78, 5) is 12.2. The van der Waals surface area contributed by atoms with Gasteiger partial charge in [-0.3, -0.25) is 10.1 Å². The number of thiocarbonyl (C=S) groups is 1. The molecule has 0 heterocycles. The van der Waals surface area contributed by atoms with Crippen molar-refractivity contribution in [2.24, 2.45) is 0 Å². The molecule has 0 aliphatic carbocycles. The van der Waals surface area contributed by atoms with E-state index in [1.54, 1.807) is 19.2 Å². The summed E-state index contributed by atoms with van der Waals surface area (Å²) in [7, 11) is 1.60. The molecule has 22 heavy (non-hydrogen) atoms. The lowest BCUT2D eigenvalue weighted by Gasteiger charge is -2.11. The van der Waals surface area contributed by atoms with Crippen LogP contribution in [0.3, 0.4) is 0 Å². The van der Waals surface area contributed by atoms with Gasteiger partial charge < -0.3 is 10.1 Å².